The van der Waals surface area contributed by atoms with Crippen molar-refractivity contribution in [3.05, 3.63) is 90.6 Å². The number of hydrogen-bond acceptors (Lipinski definition) is 3. The molecule has 4 nitrogen and oxygen atoms in total. The zero-order valence-electron chi connectivity index (χ0n) is 13.2. The molecule has 0 saturated heterocycles. The van der Waals surface area contributed by atoms with Crippen LogP contribution in [0, 0.1) is 0 Å². The summed E-state index contributed by atoms with van der Waals surface area (Å²) in [5.41, 5.74) is 3.22. The molecule has 0 saturated carbocycles. The standard InChI is InChI=1S/C20H18N2O2/c1-2-7-16(8-3-1)14-24-20(19-11-6-12-23-19)13-22-15-21-17-9-4-5-10-18(17)22/h1-12,15,20H,13-14H2. The van der Waals surface area contributed by atoms with Crippen LogP contribution in [0.4, 0.5) is 0 Å². The fraction of sp³-hybridized carbons (Fsp3) is 0.150. The molecule has 2 heterocycles. The maximum atomic E-state index is 6.15. The molecule has 0 bridgehead atoms. The number of hydrogen-bond donors (Lipinski definition) is 0. The van der Waals surface area contributed by atoms with Gasteiger partial charge in [0.05, 0.1) is 36.8 Å². The van der Waals surface area contributed by atoms with Crippen LogP contribution in [0.25, 0.3) is 11.0 Å². The molecule has 0 spiro atoms. The predicted octanol–water partition coefficient (Wildman–Crippen LogP) is 4.59. The Labute approximate surface area is 140 Å². The molecule has 120 valence electrons. The van der Waals surface area contributed by atoms with Gasteiger partial charge in [0.1, 0.15) is 11.9 Å². The van der Waals surface area contributed by atoms with Crippen molar-refractivity contribution >= 4 is 11.0 Å². The first-order chi connectivity index (χ1) is 11.9. The lowest BCUT2D eigenvalue weighted by Gasteiger charge is -2.17. The van der Waals surface area contributed by atoms with E-state index in [1.807, 2.05) is 54.9 Å². The largest absolute Gasteiger partial charge is 0.467 e. The van der Waals surface area contributed by atoms with Crippen LogP contribution in [0.3, 0.4) is 0 Å². The summed E-state index contributed by atoms with van der Waals surface area (Å²) in [4.78, 5) is 4.45. The SMILES string of the molecule is c1ccc(COC(Cn2cnc3ccccc32)c2ccco2)cc1. The van der Waals surface area contributed by atoms with Gasteiger partial charge in [0.25, 0.3) is 0 Å². The summed E-state index contributed by atoms with van der Waals surface area (Å²) in [5.74, 6) is 0.823. The lowest BCUT2D eigenvalue weighted by molar-refractivity contribution is 0.0147. The summed E-state index contributed by atoms with van der Waals surface area (Å²) in [6.07, 6.45) is 3.37. The minimum atomic E-state index is -0.169. The van der Waals surface area contributed by atoms with Crippen molar-refractivity contribution in [3.63, 3.8) is 0 Å². The van der Waals surface area contributed by atoms with Gasteiger partial charge in [-0.05, 0) is 29.8 Å². The van der Waals surface area contributed by atoms with E-state index in [1.165, 1.54) is 0 Å². The van der Waals surface area contributed by atoms with Gasteiger partial charge in [-0.1, -0.05) is 42.5 Å². The van der Waals surface area contributed by atoms with Crippen molar-refractivity contribution in [3.8, 4) is 0 Å². The smallest absolute Gasteiger partial charge is 0.134 e. The first-order valence-corrected chi connectivity index (χ1v) is 7.99. The normalized spacial score (nSPS) is 12.5. The highest BCUT2D eigenvalue weighted by atomic mass is 16.5. The average molecular weight is 318 g/mol. The summed E-state index contributed by atoms with van der Waals surface area (Å²) in [6, 6.07) is 22.1. The zero-order valence-corrected chi connectivity index (χ0v) is 13.2. The molecular formula is C20H18N2O2. The Morgan fingerprint density at radius 3 is 2.62 bits per heavy atom. The fourth-order valence-corrected chi connectivity index (χ4v) is 2.80. The van der Waals surface area contributed by atoms with E-state index in [0.29, 0.717) is 13.2 Å². The summed E-state index contributed by atoms with van der Waals surface area (Å²) in [6.45, 7) is 1.19. The number of imidazole rings is 1. The van der Waals surface area contributed by atoms with Crippen molar-refractivity contribution < 1.29 is 9.15 Å². The van der Waals surface area contributed by atoms with Gasteiger partial charge in [0.2, 0.25) is 0 Å². The molecule has 0 radical (unpaired) electrons. The summed E-state index contributed by atoms with van der Waals surface area (Å²) in [5, 5.41) is 0. The van der Waals surface area contributed by atoms with Crippen LogP contribution >= 0.6 is 0 Å². The number of benzene rings is 2. The lowest BCUT2D eigenvalue weighted by atomic mass is 10.2. The molecule has 2 aromatic carbocycles. The van der Waals surface area contributed by atoms with Gasteiger partial charge in [-0.25, -0.2) is 4.98 Å². The Bertz CT molecular complexity index is 898. The molecule has 0 aliphatic rings. The van der Waals surface area contributed by atoms with Crippen LogP contribution < -0.4 is 0 Å². The van der Waals surface area contributed by atoms with Crippen LogP contribution in [-0.4, -0.2) is 9.55 Å². The van der Waals surface area contributed by atoms with Crippen molar-refractivity contribution in [2.24, 2.45) is 0 Å². The van der Waals surface area contributed by atoms with Crippen LogP contribution in [0.15, 0.2) is 83.7 Å². The Hall–Kier alpha value is -2.85. The van der Waals surface area contributed by atoms with Crippen molar-refractivity contribution in [1.82, 2.24) is 9.55 Å². The molecule has 0 aliphatic carbocycles. The van der Waals surface area contributed by atoms with Gasteiger partial charge >= 0.3 is 0 Å². The van der Waals surface area contributed by atoms with Crippen LogP contribution in [0.5, 0.6) is 0 Å². The Morgan fingerprint density at radius 1 is 0.958 bits per heavy atom. The van der Waals surface area contributed by atoms with Gasteiger partial charge in [-0.15, -0.1) is 0 Å². The van der Waals surface area contributed by atoms with E-state index >= 15 is 0 Å². The molecule has 24 heavy (non-hydrogen) atoms. The highest BCUT2D eigenvalue weighted by molar-refractivity contribution is 5.74. The van der Waals surface area contributed by atoms with E-state index in [9.17, 15) is 0 Å². The Morgan fingerprint density at radius 2 is 1.79 bits per heavy atom. The van der Waals surface area contributed by atoms with Crippen molar-refractivity contribution in [2.75, 3.05) is 0 Å². The third-order valence-corrected chi connectivity index (χ3v) is 4.04. The number of ether oxygens (including phenoxy) is 1. The number of furan rings is 1. The molecular weight excluding hydrogens is 300 g/mol. The van der Waals surface area contributed by atoms with Crippen LogP contribution in [0.2, 0.25) is 0 Å². The van der Waals surface area contributed by atoms with E-state index in [0.717, 1.165) is 22.4 Å². The quantitative estimate of drug-likeness (QED) is 0.522. The minimum Gasteiger partial charge on any atom is -0.467 e. The second-order valence-electron chi connectivity index (χ2n) is 5.69. The molecule has 4 heteroatoms. The number of para-hydroxylation sites is 2. The van der Waals surface area contributed by atoms with E-state index in [4.69, 9.17) is 9.15 Å². The third-order valence-electron chi connectivity index (χ3n) is 4.04. The molecule has 4 aromatic rings. The fourth-order valence-electron chi connectivity index (χ4n) is 2.80. The Kier molecular flexibility index (Phi) is 4.13. The number of rotatable bonds is 6. The van der Waals surface area contributed by atoms with Gasteiger partial charge in [-0.3, -0.25) is 0 Å². The third kappa shape index (κ3) is 3.09. The predicted molar refractivity (Wildman–Crippen MR) is 92.4 cm³/mol. The molecule has 2 aromatic heterocycles. The van der Waals surface area contributed by atoms with Crippen molar-refractivity contribution in [1.29, 1.82) is 0 Å². The second-order valence-corrected chi connectivity index (χ2v) is 5.69. The second kappa shape index (κ2) is 6.72. The van der Waals surface area contributed by atoms with E-state index in [2.05, 4.69) is 27.8 Å². The first-order valence-electron chi connectivity index (χ1n) is 7.99. The molecule has 1 atom stereocenters. The number of aromatic nitrogens is 2. The monoisotopic (exact) mass is 318 g/mol. The lowest BCUT2D eigenvalue weighted by Crippen LogP contribution is -2.12. The summed E-state index contributed by atoms with van der Waals surface area (Å²) < 4.78 is 13.8. The van der Waals surface area contributed by atoms with Gasteiger partial charge < -0.3 is 13.7 Å². The molecule has 0 aliphatic heterocycles. The van der Waals surface area contributed by atoms with Crippen LogP contribution in [0.1, 0.15) is 17.4 Å². The summed E-state index contributed by atoms with van der Waals surface area (Å²) in [7, 11) is 0. The maximum absolute atomic E-state index is 6.15. The van der Waals surface area contributed by atoms with Crippen molar-refractivity contribution in [2.45, 2.75) is 19.3 Å². The van der Waals surface area contributed by atoms with E-state index < -0.39 is 0 Å². The number of fused-ring (bicyclic) bond motifs is 1. The van der Waals surface area contributed by atoms with Gasteiger partial charge in [0.15, 0.2) is 0 Å². The van der Waals surface area contributed by atoms with Gasteiger partial charge in [0, 0.05) is 0 Å². The number of nitrogens with zero attached hydrogens (tertiary/aromatic N) is 2. The highest BCUT2D eigenvalue weighted by Gasteiger charge is 2.17. The molecule has 1 unspecified atom stereocenters. The highest BCUT2D eigenvalue weighted by Crippen LogP contribution is 2.24. The Balaban J connectivity index is 1.57. The summed E-state index contributed by atoms with van der Waals surface area (Å²) >= 11 is 0. The van der Waals surface area contributed by atoms with Gasteiger partial charge in [-0.2, -0.15) is 0 Å². The average Bonchev–Trinajstić information content (AvgIpc) is 3.30. The van der Waals surface area contributed by atoms with E-state index in [1.54, 1.807) is 6.26 Å². The maximum Gasteiger partial charge on any atom is 0.134 e. The van der Waals surface area contributed by atoms with Crippen LogP contribution in [-0.2, 0) is 17.9 Å². The molecule has 0 amide bonds. The minimum absolute atomic E-state index is 0.169. The topological polar surface area (TPSA) is 40.2 Å². The molecule has 0 N–H and O–H groups in total. The first kappa shape index (κ1) is 14.7. The molecule has 0 fully saturated rings. The molecule has 4 rings (SSSR count). The van der Waals surface area contributed by atoms with E-state index in [-0.39, 0.29) is 6.10 Å². The zero-order chi connectivity index (χ0) is 16.2.